The number of aliphatic imine (C=N–C) groups is 1. The van der Waals surface area contributed by atoms with Crippen LogP contribution in [0, 0.1) is 5.92 Å². The molecule has 1 atom stereocenters. The summed E-state index contributed by atoms with van der Waals surface area (Å²) in [5.74, 6) is 1.25. The quantitative estimate of drug-likeness (QED) is 0.520. The molecule has 1 aliphatic rings. The molecule has 1 heterocycles. The van der Waals surface area contributed by atoms with Gasteiger partial charge in [-0.05, 0) is 23.6 Å². The second kappa shape index (κ2) is 8.88. The molecular weight excluding hydrogens is 282 g/mol. The molecule has 0 saturated carbocycles. The highest BCUT2D eigenvalue weighted by molar-refractivity contribution is 5.95. The largest absolute Gasteiger partial charge is 0.475 e. The van der Waals surface area contributed by atoms with E-state index in [1.165, 1.54) is 0 Å². The number of ether oxygens (including phenoxy) is 4. The van der Waals surface area contributed by atoms with Crippen LogP contribution in [0.5, 0.6) is 0 Å². The molecule has 5 nitrogen and oxygen atoms in total. The summed E-state index contributed by atoms with van der Waals surface area (Å²) in [6, 6.07) is 8.36. The summed E-state index contributed by atoms with van der Waals surface area (Å²) in [6.07, 6.45) is 0. The molecule has 0 aliphatic carbocycles. The van der Waals surface area contributed by atoms with Gasteiger partial charge in [0.2, 0.25) is 5.90 Å². The minimum atomic E-state index is 0.266. The van der Waals surface area contributed by atoms with E-state index in [2.05, 4.69) is 18.8 Å². The van der Waals surface area contributed by atoms with E-state index in [-0.39, 0.29) is 12.8 Å². The fourth-order valence-corrected chi connectivity index (χ4v) is 2.05. The number of hydrogen-bond donors (Lipinski definition) is 0. The van der Waals surface area contributed by atoms with Crippen LogP contribution in [0.4, 0.5) is 0 Å². The maximum atomic E-state index is 5.68. The SMILES string of the molecule is COCCOCOCc1ccc(C2=N[C@@H](C(C)C)CO2)cc1. The van der Waals surface area contributed by atoms with Crippen molar-refractivity contribution in [3.05, 3.63) is 35.4 Å². The highest BCUT2D eigenvalue weighted by Gasteiger charge is 2.22. The van der Waals surface area contributed by atoms with Gasteiger partial charge in [-0.2, -0.15) is 0 Å². The molecular formula is C17H25NO4. The van der Waals surface area contributed by atoms with Crippen LogP contribution in [-0.2, 0) is 25.6 Å². The molecule has 0 saturated heterocycles. The molecule has 0 spiro atoms. The van der Waals surface area contributed by atoms with Crippen LogP contribution in [0.2, 0.25) is 0 Å². The van der Waals surface area contributed by atoms with Gasteiger partial charge in [0.25, 0.3) is 0 Å². The summed E-state index contributed by atoms with van der Waals surface area (Å²) in [4.78, 5) is 4.62. The molecule has 0 radical (unpaired) electrons. The van der Waals surface area contributed by atoms with Gasteiger partial charge in [-0.1, -0.05) is 26.0 Å². The van der Waals surface area contributed by atoms with Crippen LogP contribution < -0.4 is 0 Å². The highest BCUT2D eigenvalue weighted by Crippen LogP contribution is 2.18. The van der Waals surface area contributed by atoms with Crippen molar-refractivity contribution in [2.24, 2.45) is 10.9 Å². The van der Waals surface area contributed by atoms with E-state index in [0.717, 1.165) is 17.0 Å². The zero-order chi connectivity index (χ0) is 15.8. The van der Waals surface area contributed by atoms with E-state index in [1.807, 2.05) is 24.3 Å². The third-order valence-corrected chi connectivity index (χ3v) is 3.51. The van der Waals surface area contributed by atoms with Gasteiger partial charge in [0.05, 0.1) is 25.9 Å². The fraction of sp³-hybridized carbons (Fsp3) is 0.588. The lowest BCUT2D eigenvalue weighted by Crippen LogP contribution is -2.13. The average molecular weight is 307 g/mol. The Morgan fingerprint density at radius 3 is 2.59 bits per heavy atom. The Bertz CT molecular complexity index is 470. The third kappa shape index (κ3) is 5.09. The predicted molar refractivity (Wildman–Crippen MR) is 85.0 cm³/mol. The highest BCUT2D eigenvalue weighted by atomic mass is 16.7. The minimum absolute atomic E-state index is 0.266. The first kappa shape index (κ1) is 16.9. The Morgan fingerprint density at radius 2 is 1.95 bits per heavy atom. The minimum Gasteiger partial charge on any atom is -0.475 e. The lowest BCUT2D eigenvalue weighted by molar-refractivity contribution is -0.0724. The summed E-state index contributed by atoms with van der Waals surface area (Å²) in [5, 5.41) is 0. The first-order chi connectivity index (χ1) is 10.7. The number of rotatable bonds is 9. The third-order valence-electron chi connectivity index (χ3n) is 3.51. The fourth-order valence-electron chi connectivity index (χ4n) is 2.05. The first-order valence-electron chi connectivity index (χ1n) is 7.65. The summed E-state index contributed by atoms with van der Waals surface area (Å²) < 4.78 is 21.3. The molecule has 1 aromatic carbocycles. The summed E-state index contributed by atoms with van der Waals surface area (Å²) in [7, 11) is 1.65. The topological polar surface area (TPSA) is 49.3 Å². The maximum Gasteiger partial charge on any atom is 0.216 e. The molecule has 0 fully saturated rings. The molecule has 0 aromatic heterocycles. The van der Waals surface area contributed by atoms with Gasteiger partial charge in [0.1, 0.15) is 13.4 Å². The Hall–Kier alpha value is -1.43. The monoisotopic (exact) mass is 307 g/mol. The molecule has 2 rings (SSSR count). The lowest BCUT2D eigenvalue weighted by atomic mass is 10.1. The van der Waals surface area contributed by atoms with Gasteiger partial charge in [-0.3, -0.25) is 0 Å². The smallest absolute Gasteiger partial charge is 0.216 e. The molecule has 0 unspecified atom stereocenters. The van der Waals surface area contributed by atoms with Gasteiger partial charge in [-0.15, -0.1) is 0 Å². The Kier molecular flexibility index (Phi) is 6.83. The van der Waals surface area contributed by atoms with Crippen molar-refractivity contribution in [3.63, 3.8) is 0 Å². The van der Waals surface area contributed by atoms with Crippen LogP contribution in [0.15, 0.2) is 29.3 Å². The lowest BCUT2D eigenvalue weighted by Gasteiger charge is -2.07. The second-order valence-electron chi connectivity index (χ2n) is 5.62. The normalized spacial score (nSPS) is 17.6. The van der Waals surface area contributed by atoms with E-state index >= 15 is 0 Å². The van der Waals surface area contributed by atoms with Crippen molar-refractivity contribution in [3.8, 4) is 0 Å². The number of nitrogens with zero attached hydrogens (tertiary/aromatic N) is 1. The summed E-state index contributed by atoms with van der Waals surface area (Å²) in [5.41, 5.74) is 2.11. The van der Waals surface area contributed by atoms with E-state index in [1.54, 1.807) is 7.11 Å². The molecule has 1 aliphatic heterocycles. The molecule has 122 valence electrons. The van der Waals surface area contributed by atoms with E-state index < -0.39 is 0 Å². The van der Waals surface area contributed by atoms with Crippen molar-refractivity contribution in [1.82, 2.24) is 0 Å². The van der Waals surface area contributed by atoms with Crippen molar-refractivity contribution in [1.29, 1.82) is 0 Å². The van der Waals surface area contributed by atoms with Crippen molar-refractivity contribution in [2.75, 3.05) is 33.7 Å². The van der Waals surface area contributed by atoms with Crippen LogP contribution in [0.3, 0.4) is 0 Å². The zero-order valence-corrected chi connectivity index (χ0v) is 13.6. The van der Waals surface area contributed by atoms with Crippen molar-refractivity contribution >= 4 is 5.90 Å². The van der Waals surface area contributed by atoms with Crippen molar-refractivity contribution < 1.29 is 18.9 Å². The Labute approximate surface area is 132 Å². The van der Waals surface area contributed by atoms with E-state index in [4.69, 9.17) is 18.9 Å². The molecule has 0 amide bonds. The van der Waals surface area contributed by atoms with Crippen molar-refractivity contribution in [2.45, 2.75) is 26.5 Å². The molecule has 1 aromatic rings. The molecule has 0 N–H and O–H groups in total. The Morgan fingerprint density at radius 1 is 1.18 bits per heavy atom. The van der Waals surface area contributed by atoms with Gasteiger partial charge < -0.3 is 18.9 Å². The summed E-state index contributed by atoms with van der Waals surface area (Å²) in [6.45, 7) is 6.93. The zero-order valence-electron chi connectivity index (χ0n) is 13.6. The van der Waals surface area contributed by atoms with Crippen LogP contribution in [0.1, 0.15) is 25.0 Å². The number of methoxy groups -OCH3 is 1. The Balaban J connectivity index is 1.77. The van der Waals surface area contributed by atoms with Gasteiger partial charge in [0.15, 0.2) is 0 Å². The van der Waals surface area contributed by atoms with E-state index in [0.29, 0.717) is 32.3 Å². The standard InChI is InChI=1S/C17H25NO4/c1-13(2)16-11-22-17(18-16)15-6-4-14(5-7-15)10-21-12-20-9-8-19-3/h4-7,13,16H,8-12H2,1-3H3/t16-/m1/s1. The predicted octanol–water partition coefficient (Wildman–Crippen LogP) is 2.63. The summed E-state index contributed by atoms with van der Waals surface area (Å²) >= 11 is 0. The average Bonchev–Trinajstić information content (AvgIpc) is 3.01. The van der Waals surface area contributed by atoms with Gasteiger partial charge in [-0.25, -0.2) is 4.99 Å². The molecule has 22 heavy (non-hydrogen) atoms. The number of hydrogen-bond acceptors (Lipinski definition) is 5. The van der Waals surface area contributed by atoms with Gasteiger partial charge >= 0.3 is 0 Å². The van der Waals surface area contributed by atoms with E-state index in [9.17, 15) is 0 Å². The van der Waals surface area contributed by atoms with Gasteiger partial charge in [0, 0.05) is 12.7 Å². The van der Waals surface area contributed by atoms with Crippen LogP contribution >= 0.6 is 0 Å². The second-order valence-corrected chi connectivity index (χ2v) is 5.62. The maximum absolute atomic E-state index is 5.68. The molecule has 0 bridgehead atoms. The molecule has 5 heteroatoms. The van der Waals surface area contributed by atoms with Crippen LogP contribution in [0.25, 0.3) is 0 Å². The first-order valence-corrected chi connectivity index (χ1v) is 7.65. The van der Waals surface area contributed by atoms with Crippen LogP contribution in [-0.4, -0.2) is 45.7 Å². The number of benzene rings is 1.